The van der Waals surface area contributed by atoms with Gasteiger partial charge < -0.3 is 25.6 Å². The van der Waals surface area contributed by atoms with Crippen molar-refractivity contribution in [3.05, 3.63) is 106 Å². The Labute approximate surface area is 240 Å². The number of benzene rings is 3. The van der Waals surface area contributed by atoms with Crippen LogP contribution in [0.1, 0.15) is 23.7 Å². The summed E-state index contributed by atoms with van der Waals surface area (Å²) >= 11 is 0. The lowest BCUT2D eigenvalue weighted by Crippen LogP contribution is -2.43. The summed E-state index contributed by atoms with van der Waals surface area (Å²) in [4.78, 5) is 44.6. The average Bonchev–Trinajstić information content (AvgIpc) is 2.98. The van der Waals surface area contributed by atoms with E-state index in [1.165, 1.54) is 22.5 Å². The number of carbonyl (C=O) groups excluding carboxylic acids is 2. The van der Waals surface area contributed by atoms with Crippen molar-refractivity contribution in [2.24, 2.45) is 0 Å². The molecule has 3 N–H and O–H groups in total. The number of amides is 3. The molecule has 0 saturated heterocycles. The molecule has 0 saturated carbocycles. The quantitative estimate of drug-likeness (QED) is 0.295. The summed E-state index contributed by atoms with van der Waals surface area (Å²) in [5, 5.41) is 8.51. The van der Waals surface area contributed by atoms with E-state index in [9.17, 15) is 23.2 Å². The van der Waals surface area contributed by atoms with Crippen LogP contribution in [0.5, 0.6) is 5.75 Å². The van der Waals surface area contributed by atoms with E-state index in [1.54, 1.807) is 31.4 Å². The molecule has 0 atom stereocenters. The zero-order valence-corrected chi connectivity index (χ0v) is 22.9. The zero-order valence-electron chi connectivity index (χ0n) is 22.9. The van der Waals surface area contributed by atoms with E-state index in [4.69, 9.17) is 9.72 Å². The Kier molecular flexibility index (Phi) is 8.14. The third kappa shape index (κ3) is 6.22. The zero-order chi connectivity index (χ0) is 29.8. The van der Waals surface area contributed by atoms with Gasteiger partial charge in [0, 0.05) is 43.9 Å². The number of nitrogens with one attached hydrogen (secondary N) is 3. The standard InChI is InChI=1S/C30H28F2N6O4/c1-18(39)34-20-5-8-22(9-6-20)38-28(40)24-17-37(30(41)35-21-7-12-25(31)26(32)15-21)14-13-27(24)36-29(38)33-16-19-3-10-23(42-2)11-4-19/h3-12,15H,13-14,16-17H2,1-2H3,(H,33,36)(H,34,39)(H,35,41). The molecule has 3 aromatic carbocycles. The molecular formula is C30H28F2N6O4. The van der Waals surface area contributed by atoms with Crippen molar-refractivity contribution in [3.63, 3.8) is 0 Å². The highest BCUT2D eigenvalue weighted by Crippen LogP contribution is 2.23. The molecule has 5 rings (SSSR count). The van der Waals surface area contributed by atoms with Crippen LogP contribution in [0.15, 0.2) is 71.5 Å². The summed E-state index contributed by atoms with van der Waals surface area (Å²) < 4.78 is 33.6. The molecule has 0 aliphatic carbocycles. The lowest BCUT2D eigenvalue weighted by atomic mass is 10.1. The van der Waals surface area contributed by atoms with Crippen molar-refractivity contribution in [2.45, 2.75) is 26.4 Å². The Bertz CT molecular complexity index is 1690. The number of fused-ring (bicyclic) bond motifs is 1. The Morgan fingerprint density at radius 1 is 0.952 bits per heavy atom. The second-order valence-electron chi connectivity index (χ2n) is 9.66. The van der Waals surface area contributed by atoms with Gasteiger partial charge >= 0.3 is 6.03 Å². The molecule has 42 heavy (non-hydrogen) atoms. The molecule has 4 aromatic rings. The van der Waals surface area contributed by atoms with Crippen molar-refractivity contribution in [3.8, 4) is 11.4 Å². The van der Waals surface area contributed by atoms with Gasteiger partial charge in [-0.3, -0.25) is 9.59 Å². The number of aromatic nitrogens is 2. The fourth-order valence-electron chi connectivity index (χ4n) is 4.61. The topological polar surface area (TPSA) is 118 Å². The van der Waals surface area contributed by atoms with Gasteiger partial charge in [-0.05, 0) is 54.1 Å². The van der Waals surface area contributed by atoms with Gasteiger partial charge in [0.25, 0.3) is 5.56 Å². The van der Waals surface area contributed by atoms with E-state index in [0.717, 1.165) is 23.4 Å². The summed E-state index contributed by atoms with van der Waals surface area (Å²) in [6.45, 7) is 2.02. The molecule has 1 aromatic heterocycles. The first kappa shape index (κ1) is 28.3. The number of hydrogen-bond acceptors (Lipinski definition) is 6. The van der Waals surface area contributed by atoms with Crippen LogP contribution in [0.2, 0.25) is 0 Å². The van der Waals surface area contributed by atoms with Crippen molar-refractivity contribution in [1.29, 1.82) is 0 Å². The number of halogens is 2. The van der Waals surface area contributed by atoms with Gasteiger partial charge in [-0.2, -0.15) is 0 Å². The van der Waals surface area contributed by atoms with Crippen LogP contribution in [0.3, 0.4) is 0 Å². The van der Waals surface area contributed by atoms with Crippen LogP contribution in [0.4, 0.5) is 30.9 Å². The van der Waals surface area contributed by atoms with Crippen LogP contribution in [-0.4, -0.2) is 40.0 Å². The molecule has 2 heterocycles. The van der Waals surface area contributed by atoms with Gasteiger partial charge in [-0.1, -0.05) is 12.1 Å². The number of methoxy groups -OCH3 is 1. The van der Waals surface area contributed by atoms with Gasteiger partial charge in [0.15, 0.2) is 11.6 Å². The Balaban J connectivity index is 1.45. The van der Waals surface area contributed by atoms with Gasteiger partial charge in [0.2, 0.25) is 11.9 Å². The molecule has 12 heteroatoms. The highest BCUT2D eigenvalue weighted by molar-refractivity contribution is 5.89. The minimum atomic E-state index is -1.08. The number of rotatable bonds is 7. The molecule has 0 bridgehead atoms. The van der Waals surface area contributed by atoms with Crippen LogP contribution in [-0.2, 0) is 24.3 Å². The lowest BCUT2D eigenvalue weighted by molar-refractivity contribution is -0.114. The fraction of sp³-hybridized carbons (Fsp3) is 0.200. The molecule has 0 fully saturated rings. The molecule has 1 aliphatic heterocycles. The van der Waals surface area contributed by atoms with Crippen LogP contribution in [0.25, 0.3) is 5.69 Å². The summed E-state index contributed by atoms with van der Waals surface area (Å²) in [6, 6.07) is 16.7. The van der Waals surface area contributed by atoms with Crippen LogP contribution < -0.4 is 26.2 Å². The van der Waals surface area contributed by atoms with E-state index in [0.29, 0.717) is 41.5 Å². The SMILES string of the molecule is COc1ccc(CNc2nc3c(c(=O)n2-c2ccc(NC(C)=O)cc2)CN(C(=O)Nc2ccc(F)c(F)c2)CC3)cc1. The summed E-state index contributed by atoms with van der Waals surface area (Å²) in [6.07, 6.45) is 0.315. The number of urea groups is 1. The maximum Gasteiger partial charge on any atom is 0.322 e. The van der Waals surface area contributed by atoms with Crippen molar-refractivity contribution in [1.82, 2.24) is 14.5 Å². The summed E-state index contributed by atoms with van der Waals surface area (Å²) in [5.74, 6) is -1.28. The highest BCUT2D eigenvalue weighted by atomic mass is 19.2. The van der Waals surface area contributed by atoms with E-state index in [2.05, 4.69) is 16.0 Å². The number of anilines is 3. The smallest absolute Gasteiger partial charge is 0.322 e. The summed E-state index contributed by atoms with van der Waals surface area (Å²) in [5.41, 5.74) is 2.63. The molecule has 0 spiro atoms. The third-order valence-electron chi connectivity index (χ3n) is 6.74. The van der Waals surface area contributed by atoms with Gasteiger partial charge in [0.1, 0.15) is 5.75 Å². The Morgan fingerprint density at radius 3 is 2.33 bits per heavy atom. The van der Waals surface area contributed by atoms with Crippen molar-refractivity contribution < 1.29 is 23.1 Å². The second-order valence-corrected chi connectivity index (χ2v) is 9.66. The predicted octanol–water partition coefficient (Wildman–Crippen LogP) is 4.68. The molecule has 216 valence electrons. The first-order valence-electron chi connectivity index (χ1n) is 13.1. The normalized spacial score (nSPS) is 12.3. The Morgan fingerprint density at radius 2 is 1.67 bits per heavy atom. The molecule has 3 amide bonds. The van der Waals surface area contributed by atoms with Crippen molar-refractivity contribution >= 4 is 29.3 Å². The minimum absolute atomic E-state index is 0.0284. The van der Waals surface area contributed by atoms with Gasteiger partial charge in [0.05, 0.1) is 30.6 Å². The average molecular weight is 575 g/mol. The number of hydrogen-bond donors (Lipinski definition) is 3. The monoisotopic (exact) mass is 574 g/mol. The summed E-state index contributed by atoms with van der Waals surface area (Å²) in [7, 11) is 1.59. The lowest BCUT2D eigenvalue weighted by Gasteiger charge is -2.29. The van der Waals surface area contributed by atoms with Gasteiger partial charge in [-0.25, -0.2) is 23.1 Å². The second kappa shape index (κ2) is 12.1. The maximum absolute atomic E-state index is 13.9. The first-order valence-corrected chi connectivity index (χ1v) is 13.1. The van der Waals surface area contributed by atoms with Gasteiger partial charge in [-0.15, -0.1) is 0 Å². The number of ether oxygens (including phenoxy) is 1. The van der Waals surface area contributed by atoms with Crippen LogP contribution in [0, 0.1) is 11.6 Å². The van der Waals surface area contributed by atoms with E-state index in [-0.39, 0.29) is 30.2 Å². The largest absolute Gasteiger partial charge is 0.497 e. The minimum Gasteiger partial charge on any atom is -0.497 e. The molecule has 0 unspecified atom stereocenters. The fourth-order valence-corrected chi connectivity index (χ4v) is 4.61. The molecule has 0 radical (unpaired) electrons. The predicted molar refractivity (Wildman–Crippen MR) is 154 cm³/mol. The van der Waals surface area contributed by atoms with E-state index >= 15 is 0 Å². The third-order valence-corrected chi connectivity index (χ3v) is 6.74. The molecular weight excluding hydrogens is 546 g/mol. The molecule has 1 aliphatic rings. The maximum atomic E-state index is 13.9. The van der Waals surface area contributed by atoms with Crippen molar-refractivity contribution in [2.75, 3.05) is 29.6 Å². The number of nitrogens with zero attached hydrogens (tertiary/aromatic N) is 3. The first-order chi connectivity index (χ1) is 20.2. The van der Waals surface area contributed by atoms with E-state index < -0.39 is 17.7 Å². The number of carbonyl (C=O) groups is 2. The molecule has 10 nitrogen and oxygen atoms in total. The highest BCUT2D eigenvalue weighted by Gasteiger charge is 2.27. The Hall–Kier alpha value is -5.26. The van der Waals surface area contributed by atoms with E-state index in [1.807, 2.05) is 24.3 Å². The van der Waals surface area contributed by atoms with Crippen LogP contribution >= 0.6 is 0 Å².